The van der Waals surface area contributed by atoms with Crippen molar-refractivity contribution in [1.82, 2.24) is 20.2 Å². The van der Waals surface area contributed by atoms with Gasteiger partial charge in [0.15, 0.2) is 11.9 Å². The molecular formula is C32H24F2N6O2. The minimum atomic E-state index is -1.10. The summed E-state index contributed by atoms with van der Waals surface area (Å²) in [6.45, 7) is -0.639. The Morgan fingerprint density at radius 3 is 2.45 bits per heavy atom. The van der Waals surface area contributed by atoms with E-state index in [1.54, 1.807) is 42.7 Å². The number of halogens is 2. The lowest BCUT2D eigenvalue weighted by Crippen LogP contribution is -2.29. The summed E-state index contributed by atoms with van der Waals surface area (Å²) in [6.07, 6.45) is 4.35. The number of carbonyl (C=O) groups is 1. The average Bonchev–Trinajstić information content (AvgIpc) is 3.80. The molecule has 1 fully saturated rings. The van der Waals surface area contributed by atoms with Gasteiger partial charge in [0.05, 0.1) is 5.71 Å². The summed E-state index contributed by atoms with van der Waals surface area (Å²) in [5.74, 6) is 0.543. The van der Waals surface area contributed by atoms with Gasteiger partial charge in [-0.3, -0.25) is 9.79 Å². The molecule has 1 N–H and O–H groups in total. The van der Waals surface area contributed by atoms with Crippen LogP contribution >= 0.6 is 0 Å². The van der Waals surface area contributed by atoms with E-state index in [0.29, 0.717) is 39.4 Å². The molecule has 2 aliphatic rings. The number of alkyl halides is 1. The highest BCUT2D eigenvalue weighted by atomic mass is 19.1. The fraction of sp³-hybridized carbons (Fsp3) is 0.188. The zero-order valence-corrected chi connectivity index (χ0v) is 22.3. The zero-order chi connectivity index (χ0) is 28.6. The predicted molar refractivity (Wildman–Crippen MR) is 152 cm³/mol. The molecule has 7 rings (SSSR count). The Hall–Kier alpha value is -5.12. The highest BCUT2D eigenvalue weighted by Crippen LogP contribution is 2.39. The molecule has 1 aliphatic heterocycles. The number of anilines is 1. The molecule has 0 amide bonds. The van der Waals surface area contributed by atoms with Crippen molar-refractivity contribution in [2.75, 3.05) is 5.32 Å². The van der Waals surface area contributed by atoms with E-state index in [2.05, 4.69) is 25.5 Å². The Balaban J connectivity index is 1.22. The molecule has 42 heavy (non-hydrogen) atoms. The number of carbonyl (C=O) groups excluding carboxylic acids is 1. The van der Waals surface area contributed by atoms with Gasteiger partial charge in [0.2, 0.25) is 5.89 Å². The zero-order valence-electron chi connectivity index (χ0n) is 22.3. The number of aliphatic imine (C=N–C) groups is 1. The molecule has 8 nitrogen and oxygen atoms in total. The highest BCUT2D eigenvalue weighted by molar-refractivity contribution is 6.16. The molecular weight excluding hydrogens is 538 g/mol. The third-order valence-corrected chi connectivity index (χ3v) is 7.41. The maximum absolute atomic E-state index is 14.9. The van der Waals surface area contributed by atoms with E-state index in [4.69, 9.17) is 9.41 Å². The molecule has 10 heteroatoms. The second-order valence-corrected chi connectivity index (χ2v) is 10.3. The number of Topliss-reactive ketones (excluding diaryl/α,β-unsaturated/α-hetero) is 1. The first-order chi connectivity index (χ1) is 20.6. The van der Waals surface area contributed by atoms with Crippen molar-refractivity contribution in [2.24, 2.45) is 4.99 Å². The number of hydrogen-bond acceptors (Lipinski definition) is 8. The lowest BCUT2D eigenvalue weighted by molar-refractivity contribution is -0.119. The highest BCUT2D eigenvalue weighted by Gasteiger charge is 2.30. The molecule has 1 aliphatic carbocycles. The summed E-state index contributed by atoms with van der Waals surface area (Å²) in [5, 5.41) is 11.2. The van der Waals surface area contributed by atoms with E-state index >= 15 is 0 Å². The van der Waals surface area contributed by atoms with Crippen LogP contribution in [0, 0.1) is 5.82 Å². The van der Waals surface area contributed by atoms with Gasteiger partial charge in [-0.25, -0.2) is 18.7 Å². The van der Waals surface area contributed by atoms with Gasteiger partial charge in [-0.15, -0.1) is 5.10 Å². The minimum absolute atomic E-state index is 0.0354. The Labute approximate surface area is 239 Å². The molecule has 0 spiro atoms. The molecule has 1 atom stereocenters. The van der Waals surface area contributed by atoms with E-state index in [9.17, 15) is 13.6 Å². The van der Waals surface area contributed by atoms with Gasteiger partial charge < -0.3 is 9.73 Å². The summed E-state index contributed by atoms with van der Waals surface area (Å²) in [6, 6.07) is 19.0. The molecule has 0 bridgehead atoms. The number of rotatable bonds is 7. The SMILES string of the molecule is O=C1Cc2c(F)cccc2C(c2ccccc2)=N[C@@H]1Nc1nnc(-c2ccc(CF)cc2-c2cnc(C3CC3)nc2)o1. The van der Waals surface area contributed by atoms with Crippen LogP contribution in [-0.2, 0) is 17.9 Å². The molecule has 0 radical (unpaired) electrons. The van der Waals surface area contributed by atoms with Crippen molar-refractivity contribution >= 4 is 17.5 Å². The Bertz CT molecular complexity index is 1820. The number of aromatic nitrogens is 4. The standard InChI is InChI=1S/C32H24F2N6O2/c33-15-18-9-12-23(24(13-18)21-16-35-29(36-17-21)20-10-11-20)31-39-40-32(42-31)38-30-27(41)14-25-22(7-4-8-26(25)34)28(37-30)19-5-2-1-3-6-19/h1-9,12-13,16-17,20,30H,10-11,14-15H2,(H,38,40)/t30-/m1/s1. The van der Waals surface area contributed by atoms with E-state index in [1.165, 1.54) is 6.07 Å². The topological polar surface area (TPSA) is 106 Å². The van der Waals surface area contributed by atoms with Crippen LogP contribution in [0.15, 0.2) is 88.5 Å². The second kappa shape index (κ2) is 10.7. The maximum atomic E-state index is 14.9. The van der Waals surface area contributed by atoms with Crippen LogP contribution in [0.4, 0.5) is 14.8 Å². The van der Waals surface area contributed by atoms with Crippen molar-refractivity contribution in [3.63, 3.8) is 0 Å². The molecule has 3 aromatic carbocycles. The van der Waals surface area contributed by atoms with Crippen LogP contribution in [0.5, 0.6) is 0 Å². The number of nitrogens with zero attached hydrogens (tertiary/aromatic N) is 5. The monoisotopic (exact) mass is 562 g/mol. The van der Waals surface area contributed by atoms with Gasteiger partial charge in [-0.05, 0) is 42.2 Å². The van der Waals surface area contributed by atoms with Crippen molar-refractivity contribution in [3.05, 3.63) is 113 Å². The van der Waals surface area contributed by atoms with Gasteiger partial charge in [0.1, 0.15) is 18.3 Å². The van der Waals surface area contributed by atoms with Crippen molar-refractivity contribution in [3.8, 4) is 22.6 Å². The number of benzene rings is 3. The number of ketones is 1. The molecule has 3 heterocycles. The largest absolute Gasteiger partial charge is 0.403 e. The Kier molecular flexibility index (Phi) is 6.58. The summed E-state index contributed by atoms with van der Waals surface area (Å²) in [4.78, 5) is 27.0. The average molecular weight is 563 g/mol. The number of nitrogens with one attached hydrogen (secondary N) is 1. The van der Waals surface area contributed by atoms with Crippen LogP contribution in [0.2, 0.25) is 0 Å². The molecule has 2 aromatic heterocycles. The molecule has 1 saturated carbocycles. The Morgan fingerprint density at radius 2 is 1.69 bits per heavy atom. The maximum Gasteiger partial charge on any atom is 0.317 e. The third-order valence-electron chi connectivity index (χ3n) is 7.41. The molecule has 0 unspecified atom stereocenters. The predicted octanol–water partition coefficient (Wildman–Crippen LogP) is 6.08. The van der Waals surface area contributed by atoms with Crippen LogP contribution < -0.4 is 5.32 Å². The van der Waals surface area contributed by atoms with E-state index < -0.39 is 18.7 Å². The van der Waals surface area contributed by atoms with Gasteiger partial charge in [0.25, 0.3) is 0 Å². The fourth-order valence-corrected chi connectivity index (χ4v) is 5.08. The van der Waals surface area contributed by atoms with E-state index in [-0.39, 0.29) is 29.7 Å². The van der Waals surface area contributed by atoms with Crippen LogP contribution in [0.1, 0.15) is 46.8 Å². The molecule has 0 saturated heterocycles. The van der Waals surface area contributed by atoms with E-state index in [1.807, 2.05) is 30.3 Å². The van der Waals surface area contributed by atoms with Crippen LogP contribution in [0.25, 0.3) is 22.6 Å². The lowest BCUT2D eigenvalue weighted by atomic mass is 9.95. The summed E-state index contributed by atoms with van der Waals surface area (Å²) in [7, 11) is 0. The first kappa shape index (κ1) is 25.8. The minimum Gasteiger partial charge on any atom is -0.403 e. The van der Waals surface area contributed by atoms with Gasteiger partial charge >= 0.3 is 6.01 Å². The normalized spacial score (nSPS) is 16.5. The quantitative estimate of drug-likeness (QED) is 0.256. The van der Waals surface area contributed by atoms with Crippen molar-refractivity contribution < 1.29 is 18.0 Å². The summed E-state index contributed by atoms with van der Waals surface area (Å²) in [5.41, 5.74) is 4.43. The van der Waals surface area contributed by atoms with Crippen LogP contribution in [-0.4, -0.2) is 37.8 Å². The molecule has 208 valence electrons. The number of hydrogen-bond donors (Lipinski definition) is 1. The van der Waals surface area contributed by atoms with Gasteiger partial charge in [0, 0.05) is 52.5 Å². The summed E-state index contributed by atoms with van der Waals surface area (Å²) < 4.78 is 34.4. The van der Waals surface area contributed by atoms with Gasteiger partial charge in [-0.1, -0.05) is 53.6 Å². The Morgan fingerprint density at radius 1 is 0.881 bits per heavy atom. The fourth-order valence-electron chi connectivity index (χ4n) is 5.08. The smallest absolute Gasteiger partial charge is 0.317 e. The number of fused-ring (bicyclic) bond motifs is 1. The first-order valence-corrected chi connectivity index (χ1v) is 13.6. The van der Waals surface area contributed by atoms with Gasteiger partial charge in [-0.2, -0.15) is 0 Å². The summed E-state index contributed by atoms with van der Waals surface area (Å²) >= 11 is 0. The van der Waals surface area contributed by atoms with Crippen molar-refractivity contribution in [2.45, 2.75) is 38.0 Å². The van der Waals surface area contributed by atoms with E-state index in [0.717, 1.165) is 24.2 Å². The second-order valence-electron chi connectivity index (χ2n) is 10.3. The lowest BCUT2D eigenvalue weighted by Gasteiger charge is -2.12. The van der Waals surface area contributed by atoms with Crippen molar-refractivity contribution in [1.29, 1.82) is 0 Å². The first-order valence-electron chi connectivity index (χ1n) is 13.6. The molecule has 5 aromatic rings. The van der Waals surface area contributed by atoms with Crippen LogP contribution in [0.3, 0.4) is 0 Å². The third kappa shape index (κ3) is 4.96.